The van der Waals surface area contributed by atoms with E-state index in [1.807, 2.05) is 11.4 Å². The van der Waals surface area contributed by atoms with Gasteiger partial charge in [-0.2, -0.15) is 0 Å². The molecule has 1 aromatic heterocycles. The zero-order chi connectivity index (χ0) is 13.5. The summed E-state index contributed by atoms with van der Waals surface area (Å²) in [5.74, 6) is 0.413. The quantitative estimate of drug-likeness (QED) is 0.899. The van der Waals surface area contributed by atoms with E-state index in [2.05, 4.69) is 25.6 Å². The van der Waals surface area contributed by atoms with E-state index in [1.54, 1.807) is 35.6 Å². The highest BCUT2D eigenvalue weighted by Crippen LogP contribution is 2.25. The van der Waals surface area contributed by atoms with Crippen molar-refractivity contribution in [2.75, 3.05) is 0 Å². The number of hydrogen-bond donors (Lipinski definition) is 1. The predicted octanol–water partition coefficient (Wildman–Crippen LogP) is 2.75. The lowest BCUT2D eigenvalue weighted by molar-refractivity contribution is 0.595. The monoisotopic (exact) mass is 356 g/mol. The topological polar surface area (TPSA) is 58.5 Å². The third-order valence-electron chi connectivity index (χ3n) is 2.73. The standard InChI is InChI=1S/C12H9BrN2O2S2/c13-9-5-6-18-10(9)7-14-12-8-3-1-2-4-11(8)19(16,17)15-12/h1-6H,7H2,(H,14,15). The maximum atomic E-state index is 11.9. The minimum absolute atomic E-state index is 0.291. The van der Waals surface area contributed by atoms with Crippen molar-refractivity contribution in [2.45, 2.75) is 11.4 Å². The molecule has 1 aliphatic heterocycles. The number of nitrogens with zero attached hydrogens (tertiary/aromatic N) is 1. The Bertz CT molecular complexity index is 766. The molecule has 2 heterocycles. The summed E-state index contributed by atoms with van der Waals surface area (Å²) in [5.41, 5.74) is 0.634. The average Bonchev–Trinajstić information content (AvgIpc) is 2.90. The minimum atomic E-state index is -3.45. The van der Waals surface area contributed by atoms with E-state index in [1.165, 1.54) is 0 Å². The van der Waals surface area contributed by atoms with Gasteiger partial charge < -0.3 is 0 Å². The van der Waals surface area contributed by atoms with E-state index < -0.39 is 10.0 Å². The van der Waals surface area contributed by atoms with Gasteiger partial charge in [-0.15, -0.1) is 11.3 Å². The van der Waals surface area contributed by atoms with Crippen LogP contribution < -0.4 is 4.72 Å². The van der Waals surface area contributed by atoms with Gasteiger partial charge in [-0.3, -0.25) is 9.71 Å². The fraction of sp³-hybridized carbons (Fsp3) is 0.0833. The number of sulfonamides is 1. The van der Waals surface area contributed by atoms with Gasteiger partial charge in [0.05, 0.1) is 11.4 Å². The largest absolute Gasteiger partial charge is 0.263 e. The summed E-state index contributed by atoms with van der Waals surface area (Å²) in [4.78, 5) is 5.73. The second kappa shape index (κ2) is 4.73. The molecule has 98 valence electrons. The van der Waals surface area contributed by atoms with Gasteiger partial charge in [0.1, 0.15) is 5.84 Å². The van der Waals surface area contributed by atoms with Gasteiger partial charge in [0.2, 0.25) is 0 Å². The Kier molecular flexibility index (Phi) is 3.20. The number of rotatable bonds is 2. The molecule has 0 fully saturated rings. The summed E-state index contributed by atoms with van der Waals surface area (Å²) < 4.78 is 27.3. The van der Waals surface area contributed by atoms with Crippen LogP contribution >= 0.6 is 27.3 Å². The molecule has 0 bridgehead atoms. The Morgan fingerprint density at radius 1 is 1.26 bits per heavy atom. The van der Waals surface area contributed by atoms with Gasteiger partial charge in [-0.05, 0) is 39.5 Å². The van der Waals surface area contributed by atoms with E-state index in [4.69, 9.17) is 0 Å². The van der Waals surface area contributed by atoms with Crippen molar-refractivity contribution >= 4 is 43.1 Å². The molecule has 0 saturated carbocycles. The van der Waals surface area contributed by atoms with Crippen LogP contribution in [0.1, 0.15) is 10.4 Å². The first-order valence-corrected chi connectivity index (χ1v) is 8.62. The maximum absolute atomic E-state index is 11.9. The van der Waals surface area contributed by atoms with Crippen molar-refractivity contribution in [3.63, 3.8) is 0 Å². The summed E-state index contributed by atoms with van der Waals surface area (Å²) in [7, 11) is -3.45. The summed E-state index contributed by atoms with van der Waals surface area (Å²) >= 11 is 5.02. The van der Waals surface area contributed by atoms with Crippen LogP contribution in [0.25, 0.3) is 0 Å². The fourth-order valence-corrected chi connectivity index (χ4v) is 4.49. The molecule has 0 radical (unpaired) electrons. The molecule has 4 nitrogen and oxygen atoms in total. The second-order valence-corrected chi connectivity index (χ2v) is 7.46. The Hall–Kier alpha value is -1.18. The van der Waals surface area contributed by atoms with Crippen LogP contribution in [-0.4, -0.2) is 14.3 Å². The highest BCUT2D eigenvalue weighted by Gasteiger charge is 2.29. The second-order valence-electron chi connectivity index (χ2n) is 3.96. The van der Waals surface area contributed by atoms with Crippen LogP contribution in [0.4, 0.5) is 0 Å². The molecule has 1 aromatic carbocycles. The Labute approximate surface area is 123 Å². The molecule has 0 unspecified atom stereocenters. The summed E-state index contributed by atoms with van der Waals surface area (Å²) in [6.45, 7) is 0.449. The molecule has 1 aliphatic rings. The molecule has 0 amide bonds. The Morgan fingerprint density at radius 3 is 2.79 bits per heavy atom. The van der Waals surface area contributed by atoms with Crippen LogP contribution in [-0.2, 0) is 16.6 Å². The summed E-state index contributed by atoms with van der Waals surface area (Å²) in [6.07, 6.45) is 0. The normalized spacial score (nSPS) is 18.3. The smallest absolute Gasteiger partial charge is 0.263 e. The number of halogens is 1. The maximum Gasteiger partial charge on any atom is 0.263 e. The minimum Gasteiger partial charge on any atom is -0.263 e. The molecular weight excluding hydrogens is 348 g/mol. The first-order valence-electron chi connectivity index (χ1n) is 5.46. The van der Waals surface area contributed by atoms with Crippen molar-refractivity contribution < 1.29 is 8.42 Å². The molecule has 0 aliphatic carbocycles. The van der Waals surface area contributed by atoms with Crippen molar-refractivity contribution in [1.29, 1.82) is 0 Å². The van der Waals surface area contributed by atoms with Crippen molar-refractivity contribution in [3.8, 4) is 0 Å². The lowest BCUT2D eigenvalue weighted by Gasteiger charge is -1.98. The molecule has 2 aromatic rings. The van der Waals surface area contributed by atoms with Gasteiger partial charge in [-0.25, -0.2) is 8.42 Å². The zero-order valence-corrected chi connectivity index (χ0v) is 12.8. The first-order chi connectivity index (χ1) is 9.08. The molecule has 19 heavy (non-hydrogen) atoms. The van der Waals surface area contributed by atoms with E-state index >= 15 is 0 Å². The van der Waals surface area contributed by atoms with Gasteiger partial charge >= 0.3 is 0 Å². The number of nitrogens with one attached hydrogen (secondary N) is 1. The van der Waals surface area contributed by atoms with E-state index in [9.17, 15) is 8.42 Å². The van der Waals surface area contributed by atoms with Crippen molar-refractivity contribution in [1.82, 2.24) is 4.72 Å². The van der Waals surface area contributed by atoms with Gasteiger partial charge in [-0.1, -0.05) is 12.1 Å². The number of amidine groups is 1. The third-order valence-corrected chi connectivity index (χ3v) is 6.04. The number of aliphatic imine (C=N–C) groups is 1. The highest BCUT2D eigenvalue weighted by atomic mass is 79.9. The number of fused-ring (bicyclic) bond motifs is 1. The highest BCUT2D eigenvalue weighted by molar-refractivity contribution is 9.10. The summed E-state index contributed by atoms with van der Waals surface area (Å²) in [6, 6.07) is 8.80. The van der Waals surface area contributed by atoms with Gasteiger partial charge in [0.15, 0.2) is 0 Å². The van der Waals surface area contributed by atoms with Crippen molar-refractivity contribution in [3.05, 3.63) is 50.6 Å². The van der Waals surface area contributed by atoms with Crippen LogP contribution in [0, 0.1) is 0 Å². The molecule has 7 heteroatoms. The number of thiophene rings is 1. The van der Waals surface area contributed by atoms with Gasteiger partial charge in [0.25, 0.3) is 10.0 Å². The van der Waals surface area contributed by atoms with Crippen LogP contribution in [0.2, 0.25) is 0 Å². The predicted molar refractivity (Wildman–Crippen MR) is 79.0 cm³/mol. The molecule has 3 rings (SSSR count). The first kappa shape index (κ1) is 12.8. The van der Waals surface area contributed by atoms with Crippen LogP contribution in [0.3, 0.4) is 0 Å². The zero-order valence-electron chi connectivity index (χ0n) is 9.63. The fourth-order valence-electron chi connectivity index (χ4n) is 1.84. The SMILES string of the molecule is O=S1(=O)NC(=NCc2sccc2Br)c2ccccc21. The van der Waals surface area contributed by atoms with E-state index in [0.29, 0.717) is 22.8 Å². The lowest BCUT2D eigenvalue weighted by atomic mass is 10.2. The third kappa shape index (κ3) is 2.33. The molecule has 1 N–H and O–H groups in total. The molecule has 0 spiro atoms. The van der Waals surface area contributed by atoms with Gasteiger partial charge in [0, 0.05) is 14.9 Å². The summed E-state index contributed by atoms with van der Waals surface area (Å²) in [5, 5.41) is 1.96. The Balaban J connectivity index is 1.98. The lowest BCUT2D eigenvalue weighted by Crippen LogP contribution is -2.22. The molecule has 0 atom stereocenters. The van der Waals surface area contributed by atoms with E-state index in [-0.39, 0.29) is 0 Å². The number of benzene rings is 1. The molecular formula is C12H9BrN2O2S2. The van der Waals surface area contributed by atoms with E-state index in [0.717, 1.165) is 9.35 Å². The van der Waals surface area contributed by atoms with Crippen molar-refractivity contribution in [2.24, 2.45) is 4.99 Å². The molecule has 0 saturated heterocycles. The Morgan fingerprint density at radius 2 is 2.05 bits per heavy atom. The van der Waals surface area contributed by atoms with Crippen LogP contribution in [0.5, 0.6) is 0 Å². The number of hydrogen-bond acceptors (Lipinski definition) is 4. The van der Waals surface area contributed by atoms with Crippen LogP contribution in [0.15, 0.2) is 50.1 Å². The average molecular weight is 357 g/mol.